The minimum Gasteiger partial charge on any atom is -0.464 e. The zero-order valence-electron chi connectivity index (χ0n) is 21.9. The van der Waals surface area contributed by atoms with E-state index in [0.717, 1.165) is 74.7 Å². The first-order chi connectivity index (χ1) is 18.3. The van der Waals surface area contributed by atoms with E-state index in [0.29, 0.717) is 34.7 Å². The molecule has 2 aliphatic rings. The maximum atomic E-state index is 12.0. The van der Waals surface area contributed by atoms with Crippen LogP contribution in [0.15, 0.2) is 35.2 Å². The predicted molar refractivity (Wildman–Crippen MR) is 157 cm³/mol. The quantitative estimate of drug-likeness (QED) is 0.0749. The number of benzene rings is 1. The molecule has 1 aromatic rings. The Bertz CT molecular complexity index is 931. The van der Waals surface area contributed by atoms with Gasteiger partial charge in [-0.15, -0.1) is 23.4 Å². The van der Waals surface area contributed by atoms with E-state index in [1.165, 1.54) is 6.92 Å². The first kappa shape index (κ1) is 31.8. The number of morpholine rings is 1. The molecule has 2 unspecified atom stereocenters. The van der Waals surface area contributed by atoms with E-state index in [2.05, 4.69) is 33.0 Å². The first-order valence-electron chi connectivity index (χ1n) is 13.3. The number of allylic oxidation sites excluding steroid dienone is 2. The minimum absolute atomic E-state index is 0.0628. The van der Waals surface area contributed by atoms with E-state index in [1.807, 2.05) is 18.2 Å². The molecule has 0 spiro atoms. The summed E-state index contributed by atoms with van der Waals surface area (Å²) in [7, 11) is 0. The molecule has 0 radical (unpaired) electrons. The van der Waals surface area contributed by atoms with Gasteiger partial charge >= 0.3 is 11.9 Å². The number of nitrogens with zero attached hydrogens (tertiary/aromatic N) is 1. The van der Waals surface area contributed by atoms with Crippen LogP contribution in [0, 0.1) is 11.8 Å². The molecule has 1 saturated heterocycles. The number of rotatable bonds is 14. The molecule has 1 aliphatic carbocycles. The maximum absolute atomic E-state index is 12.0. The summed E-state index contributed by atoms with van der Waals surface area (Å²) in [5.74, 6) is 1.29. The average molecular weight is 651 g/mol. The van der Waals surface area contributed by atoms with Crippen molar-refractivity contribution in [3.63, 3.8) is 0 Å². The third-order valence-electron chi connectivity index (χ3n) is 6.84. The normalized spacial score (nSPS) is 24.1. The monoisotopic (exact) mass is 649 g/mol. The summed E-state index contributed by atoms with van der Waals surface area (Å²) < 4.78 is 15.8. The van der Waals surface area contributed by atoms with Gasteiger partial charge in [0.15, 0.2) is 0 Å². The predicted octanol–water partition coefficient (Wildman–Crippen LogP) is 6.49. The van der Waals surface area contributed by atoms with Crippen molar-refractivity contribution < 1.29 is 23.8 Å². The standard InChI is InChI=1S/C28H38BrCl2NO5S/c1-20(33)37-18-21-14-23(30)17-24(15-21)38-19-25-22(16-26(29)28(25)31)6-4-2-3-5-7-27(34)36-13-10-32-8-11-35-12-9-32/h2,4,14-15,17,22,25-26,28H,3,5-13,16,18-19H2,1H3/b4-2-/t22-,25+,26?,28?/m0/s1. The second kappa shape index (κ2) is 17.1. The zero-order valence-corrected chi connectivity index (χ0v) is 25.8. The molecule has 10 heteroatoms. The highest BCUT2D eigenvalue weighted by atomic mass is 79.9. The first-order valence-corrected chi connectivity index (χ1v) is 16.0. The summed E-state index contributed by atoms with van der Waals surface area (Å²) in [6.45, 7) is 6.16. The van der Waals surface area contributed by atoms with Crippen molar-refractivity contribution in [1.82, 2.24) is 4.90 Å². The van der Waals surface area contributed by atoms with Crippen LogP contribution < -0.4 is 0 Å². The smallest absolute Gasteiger partial charge is 0.305 e. The van der Waals surface area contributed by atoms with Gasteiger partial charge in [-0.05, 0) is 61.3 Å². The number of carbonyl (C=O) groups excluding carboxylic acids is 2. The van der Waals surface area contributed by atoms with Crippen LogP contribution in [0.5, 0.6) is 0 Å². The number of unbranched alkanes of at least 4 members (excludes halogenated alkanes) is 1. The van der Waals surface area contributed by atoms with Crippen LogP contribution in [0.25, 0.3) is 0 Å². The van der Waals surface area contributed by atoms with Gasteiger partial charge in [-0.25, -0.2) is 0 Å². The van der Waals surface area contributed by atoms with Crippen molar-refractivity contribution >= 4 is 62.8 Å². The van der Waals surface area contributed by atoms with Crippen molar-refractivity contribution in [2.45, 2.75) is 60.7 Å². The molecule has 1 saturated carbocycles. The highest BCUT2D eigenvalue weighted by Gasteiger charge is 2.40. The van der Waals surface area contributed by atoms with Crippen molar-refractivity contribution in [3.05, 3.63) is 40.9 Å². The van der Waals surface area contributed by atoms with Crippen LogP contribution in [0.1, 0.15) is 44.6 Å². The van der Waals surface area contributed by atoms with Crippen LogP contribution in [0.2, 0.25) is 5.02 Å². The lowest BCUT2D eigenvalue weighted by molar-refractivity contribution is -0.144. The maximum Gasteiger partial charge on any atom is 0.305 e. The molecular weight excluding hydrogens is 613 g/mol. The molecule has 4 atom stereocenters. The van der Waals surface area contributed by atoms with Crippen molar-refractivity contribution in [1.29, 1.82) is 0 Å². The van der Waals surface area contributed by atoms with Gasteiger partial charge in [-0.3, -0.25) is 14.5 Å². The van der Waals surface area contributed by atoms with Crippen LogP contribution in [-0.2, 0) is 30.4 Å². The van der Waals surface area contributed by atoms with Crippen LogP contribution in [0.4, 0.5) is 0 Å². The summed E-state index contributed by atoms with van der Waals surface area (Å²) in [4.78, 5) is 26.7. The van der Waals surface area contributed by atoms with E-state index in [-0.39, 0.29) is 23.9 Å². The summed E-state index contributed by atoms with van der Waals surface area (Å²) >= 11 is 18.6. The summed E-state index contributed by atoms with van der Waals surface area (Å²) in [5, 5.41) is 0.692. The average Bonchev–Trinajstić information content (AvgIpc) is 3.16. The lowest BCUT2D eigenvalue weighted by Crippen LogP contribution is -2.38. The van der Waals surface area contributed by atoms with Crippen molar-refractivity contribution in [2.24, 2.45) is 11.8 Å². The zero-order chi connectivity index (χ0) is 27.3. The molecule has 1 aliphatic heterocycles. The van der Waals surface area contributed by atoms with E-state index >= 15 is 0 Å². The van der Waals surface area contributed by atoms with E-state index < -0.39 is 0 Å². The van der Waals surface area contributed by atoms with Crippen LogP contribution in [0.3, 0.4) is 0 Å². The Morgan fingerprint density at radius 2 is 2.00 bits per heavy atom. The van der Waals surface area contributed by atoms with Gasteiger partial charge in [0.05, 0.1) is 13.2 Å². The van der Waals surface area contributed by atoms with Gasteiger partial charge in [-0.2, -0.15) is 0 Å². The molecule has 1 heterocycles. The lowest BCUT2D eigenvalue weighted by Gasteiger charge is -2.26. The molecule has 0 N–H and O–H groups in total. The van der Waals surface area contributed by atoms with Gasteiger partial charge in [0.1, 0.15) is 13.2 Å². The molecule has 3 rings (SSSR count). The van der Waals surface area contributed by atoms with Gasteiger partial charge in [0.25, 0.3) is 0 Å². The van der Waals surface area contributed by atoms with Crippen LogP contribution in [-0.4, -0.2) is 72.3 Å². The number of esters is 2. The molecule has 1 aromatic carbocycles. The molecular formula is C28H38BrCl2NO5S. The lowest BCUT2D eigenvalue weighted by atomic mass is 9.94. The van der Waals surface area contributed by atoms with Gasteiger partial charge in [-0.1, -0.05) is 39.7 Å². The largest absolute Gasteiger partial charge is 0.464 e. The number of hydrogen-bond acceptors (Lipinski definition) is 7. The number of ether oxygens (including phenoxy) is 3. The second-order valence-electron chi connectivity index (χ2n) is 9.78. The van der Waals surface area contributed by atoms with E-state index in [4.69, 9.17) is 37.4 Å². The number of halogens is 3. The number of thioether (sulfide) groups is 1. The Kier molecular flexibility index (Phi) is 14.3. The highest BCUT2D eigenvalue weighted by Crippen LogP contribution is 2.44. The third kappa shape index (κ3) is 11.4. The summed E-state index contributed by atoms with van der Waals surface area (Å²) in [6.07, 6.45) is 8.51. The Balaban J connectivity index is 1.36. The van der Waals surface area contributed by atoms with Crippen LogP contribution >= 0.6 is 50.9 Å². The van der Waals surface area contributed by atoms with E-state index in [9.17, 15) is 9.59 Å². The Morgan fingerprint density at radius 3 is 2.76 bits per heavy atom. The van der Waals surface area contributed by atoms with Gasteiger partial charge in [0.2, 0.25) is 0 Å². The Morgan fingerprint density at radius 1 is 1.21 bits per heavy atom. The highest BCUT2D eigenvalue weighted by molar-refractivity contribution is 9.09. The molecule has 212 valence electrons. The van der Waals surface area contributed by atoms with E-state index in [1.54, 1.807) is 11.8 Å². The van der Waals surface area contributed by atoms with Crippen molar-refractivity contribution in [3.8, 4) is 0 Å². The number of hydrogen-bond donors (Lipinski definition) is 0. The molecule has 38 heavy (non-hydrogen) atoms. The minimum atomic E-state index is -0.311. The summed E-state index contributed by atoms with van der Waals surface area (Å²) in [5.41, 5.74) is 0.878. The Hall–Kier alpha value is -0.770. The van der Waals surface area contributed by atoms with Gasteiger partial charge in [0, 0.05) is 58.9 Å². The fourth-order valence-corrected chi connectivity index (χ4v) is 7.73. The fraction of sp³-hybridized carbons (Fsp3) is 0.643. The Labute approximate surface area is 249 Å². The molecule has 0 bridgehead atoms. The third-order valence-corrected chi connectivity index (χ3v) is 10.0. The topological polar surface area (TPSA) is 65.1 Å². The fourth-order valence-electron chi connectivity index (χ4n) is 4.72. The SMILES string of the molecule is CC(=O)OCc1cc(Cl)cc(SC[C@H]2C(Cl)C(Br)C[C@@H]2C/C=C\CCCC(=O)OCCN2CCOCC2)c1. The summed E-state index contributed by atoms with van der Waals surface area (Å²) in [6, 6.07) is 5.78. The number of carbonyl (C=O) groups is 2. The molecule has 6 nitrogen and oxygen atoms in total. The molecule has 0 aromatic heterocycles. The number of alkyl halides is 2. The van der Waals surface area contributed by atoms with Gasteiger partial charge < -0.3 is 14.2 Å². The van der Waals surface area contributed by atoms with Crippen molar-refractivity contribution in [2.75, 3.05) is 45.2 Å². The second-order valence-corrected chi connectivity index (χ2v) is 13.0. The molecule has 0 amide bonds. The molecule has 2 fully saturated rings.